The van der Waals surface area contributed by atoms with Gasteiger partial charge in [0.05, 0.1) is 5.69 Å². The molecule has 3 rings (SSSR count). The van der Waals surface area contributed by atoms with Crippen LogP contribution in [0.15, 0.2) is 36.7 Å². The maximum atomic E-state index is 12.0. The zero-order valence-corrected chi connectivity index (χ0v) is 11.1. The minimum atomic E-state index is -1.22. The molecule has 1 amide bonds. The highest BCUT2D eigenvalue weighted by atomic mass is 16.3. The maximum absolute atomic E-state index is 12.0. The Kier molecular flexibility index (Phi) is 3.28. The predicted molar refractivity (Wildman–Crippen MR) is 76.9 cm³/mol. The highest BCUT2D eigenvalue weighted by Crippen LogP contribution is 2.29. The third kappa shape index (κ3) is 2.32. The number of carbonyl (C=O) groups is 1. The Morgan fingerprint density at radius 3 is 2.85 bits per heavy atom. The summed E-state index contributed by atoms with van der Waals surface area (Å²) in [5.41, 5.74) is 5.08. The number of hydrazine groups is 1. The molecule has 1 heterocycles. The van der Waals surface area contributed by atoms with Gasteiger partial charge in [-0.25, -0.2) is 0 Å². The number of hydrogen-bond acceptors (Lipinski definition) is 4. The van der Waals surface area contributed by atoms with E-state index in [1.54, 1.807) is 12.4 Å². The summed E-state index contributed by atoms with van der Waals surface area (Å²) >= 11 is 0. The fourth-order valence-corrected chi connectivity index (χ4v) is 2.66. The molecule has 0 bridgehead atoms. The molecule has 0 radical (unpaired) electrons. The Morgan fingerprint density at radius 2 is 2.05 bits per heavy atom. The topological polar surface area (TPSA) is 74.2 Å². The maximum Gasteiger partial charge on any atom is 0.270 e. The summed E-state index contributed by atoms with van der Waals surface area (Å²) in [4.78, 5) is 16.1. The number of nitrogens with zero attached hydrogens (tertiary/aromatic N) is 1. The van der Waals surface area contributed by atoms with E-state index in [1.807, 2.05) is 24.3 Å². The van der Waals surface area contributed by atoms with Crippen molar-refractivity contribution >= 4 is 22.4 Å². The number of fused-ring (bicyclic) bond motifs is 1. The number of benzene rings is 1. The Morgan fingerprint density at radius 1 is 1.25 bits per heavy atom. The van der Waals surface area contributed by atoms with Crippen LogP contribution in [-0.2, 0) is 4.79 Å². The molecule has 0 unspecified atom stereocenters. The van der Waals surface area contributed by atoms with Crippen molar-refractivity contribution < 1.29 is 9.90 Å². The standard InChI is InChI=1S/C15H17N3O2/c19-14(15(20)7-1-2-8-15)18-17-13-5-3-4-11-10-16-9-6-12(11)13/h3-6,9-10,17,20H,1-2,7-8H2,(H,18,19). The normalized spacial score (nSPS) is 17.1. The highest BCUT2D eigenvalue weighted by molar-refractivity contribution is 5.94. The summed E-state index contributed by atoms with van der Waals surface area (Å²) in [6.45, 7) is 0. The van der Waals surface area contributed by atoms with Crippen LogP contribution >= 0.6 is 0 Å². The fraction of sp³-hybridized carbons (Fsp3) is 0.333. The molecule has 20 heavy (non-hydrogen) atoms. The molecule has 1 aliphatic rings. The zero-order chi connectivity index (χ0) is 14.0. The van der Waals surface area contributed by atoms with E-state index in [0.717, 1.165) is 29.3 Å². The van der Waals surface area contributed by atoms with Gasteiger partial charge in [0.1, 0.15) is 5.60 Å². The first-order valence-electron chi connectivity index (χ1n) is 6.81. The molecule has 1 saturated carbocycles. The van der Waals surface area contributed by atoms with E-state index in [4.69, 9.17) is 0 Å². The summed E-state index contributed by atoms with van der Waals surface area (Å²) < 4.78 is 0. The average Bonchev–Trinajstić information content (AvgIpc) is 2.93. The van der Waals surface area contributed by atoms with Gasteiger partial charge in [0, 0.05) is 23.2 Å². The Bertz CT molecular complexity index is 631. The molecule has 1 aromatic carbocycles. The number of pyridine rings is 1. The fourth-order valence-electron chi connectivity index (χ4n) is 2.66. The molecule has 0 saturated heterocycles. The van der Waals surface area contributed by atoms with Crippen molar-refractivity contribution in [3.8, 4) is 0 Å². The van der Waals surface area contributed by atoms with Crippen LogP contribution < -0.4 is 10.9 Å². The Balaban J connectivity index is 1.76. The minimum Gasteiger partial charge on any atom is -0.380 e. The first kappa shape index (κ1) is 12.9. The Hall–Kier alpha value is -2.14. The van der Waals surface area contributed by atoms with E-state index in [9.17, 15) is 9.90 Å². The van der Waals surface area contributed by atoms with Gasteiger partial charge in [-0.1, -0.05) is 12.1 Å². The number of hydrogen-bond donors (Lipinski definition) is 3. The molecular weight excluding hydrogens is 254 g/mol. The first-order chi connectivity index (χ1) is 9.69. The van der Waals surface area contributed by atoms with Crippen molar-refractivity contribution in [2.45, 2.75) is 31.3 Å². The third-order valence-corrected chi connectivity index (χ3v) is 3.84. The molecule has 0 spiro atoms. The number of carbonyl (C=O) groups excluding carboxylic acids is 1. The number of rotatable bonds is 3. The number of anilines is 1. The smallest absolute Gasteiger partial charge is 0.270 e. The van der Waals surface area contributed by atoms with Gasteiger partial charge in [0.2, 0.25) is 0 Å². The van der Waals surface area contributed by atoms with Gasteiger partial charge in [-0.2, -0.15) is 0 Å². The lowest BCUT2D eigenvalue weighted by molar-refractivity contribution is -0.138. The average molecular weight is 271 g/mol. The van der Waals surface area contributed by atoms with Gasteiger partial charge in [-0.15, -0.1) is 0 Å². The van der Waals surface area contributed by atoms with E-state index >= 15 is 0 Å². The lowest BCUT2D eigenvalue weighted by atomic mass is 10.0. The van der Waals surface area contributed by atoms with Crippen molar-refractivity contribution in [1.29, 1.82) is 0 Å². The van der Waals surface area contributed by atoms with Crippen LogP contribution in [0.5, 0.6) is 0 Å². The summed E-state index contributed by atoms with van der Waals surface area (Å²) in [5.74, 6) is -0.360. The summed E-state index contributed by atoms with van der Waals surface area (Å²) in [6.07, 6.45) is 6.32. The minimum absolute atomic E-state index is 0.360. The molecule has 104 valence electrons. The molecule has 3 N–H and O–H groups in total. The molecule has 5 nitrogen and oxygen atoms in total. The predicted octanol–water partition coefficient (Wildman–Crippen LogP) is 1.98. The van der Waals surface area contributed by atoms with Crippen LogP contribution in [0, 0.1) is 0 Å². The van der Waals surface area contributed by atoms with Crippen molar-refractivity contribution in [2.24, 2.45) is 0 Å². The molecule has 1 aromatic heterocycles. The largest absolute Gasteiger partial charge is 0.380 e. The van der Waals surface area contributed by atoms with E-state index in [0.29, 0.717) is 12.8 Å². The van der Waals surface area contributed by atoms with Crippen molar-refractivity contribution in [2.75, 3.05) is 5.43 Å². The van der Waals surface area contributed by atoms with Gasteiger partial charge in [0.25, 0.3) is 5.91 Å². The zero-order valence-electron chi connectivity index (χ0n) is 11.1. The van der Waals surface area contributed by atoms with Crippen molar-refractivity contribution in [3.05, 3.63) is 36.7 Å². The molecule has 2 aromatic rings. The molecule has 0 atom stereocenters. The van der Waals surface area contributed by atoms with Crippen molar-refractivity contribution in [1.82, 2.24) is 10.4 Å². The van der Waals surface area contributed by atoms with E-state index in [-0.39, 0.29) is 5.91 Å². The van der Waals surface area contributed by atoms with E-state index in [2.05, 4.69) is 15.8 Å². The van der Waals surface area contributed by atoms with Crippen LogP contribution in [0.1, 0.15) is 25.7 Å². The van der Waals surface area contributed by atoms with E-state index in [1.165, 1.54) is 0 Å². The highest BCUT2D eigenvalue weighted by Gasteiger charge is 2.38. The molecular formula is C15H17N3O2. The monoisotopic (exact) mass is 271 g/mol. The van der Waals surface area contributed by atoms with Gasteiger partial charge in [0.15, 0.2) is 0 Å². The van der Waals surface area contributed by atoms with Crippen LogP contribution in [0.3, 0.4) is 0 Å². The van der Waals surface area contributed by atoms with Crippen molar-refractivity contribution in [3.63, 3.8) is 0 Å². The number of aliphatic hydroxyl groups is 1. The summed E-state index contributed by atoms with van der Waals surface area (Å²) in [7, 11) is 0. The number of nitrogens with one attached hydrogen (secondary N) is 2. The molecule has 0 aliphatic heterocycles. The summed E-state index contributed by atoms with van der Waals surface area (Å²) in [6, 6.07) is 7.61. The van der Waals surface area contributed by atoms with Crippen LogP contribution in [0.25, 0.3) is 10.8 Å². The van der Waals surface area contributed by atoms with Gasteiger partial charge < -0.3 is 5.11 Å². The second-order valence-electron chi connectivity index (χ2n) is 5.22. The van der Waals surface area contributed by atoms with Crippen LogP contribution in [0.4, 0.5) is 5.69 Å². The SMILES string of the molecule is O=C(NNc1cccc2cnccc12)C1(O)CCCC1. The number of aromatic nitrogens is 1. The van der Waals surface area contributed by atoms with Gasteiger partial charge >= 0.3 is 0 Å². The van der Waals surface area contributed by atoms with Gasteiger partial charge in [-0.05, 0) is 37.8 Å². The molecule has 1 fully saturated rings. The second kappa shape index (κ2) is 5.09. The first-order valence-corrected chi connectivity index (χ1v) is 6.81. The second-order valence-corrected chi connectivity index (χ2v) is 5.22. The van der Waals surface area contributed by atoms with Crippen LogP contribution in [0.2, 0.25) is 0 Å². The van der Waals surface area contributed by atoms with Crippen LogP contribution in [-0.4, -0.2) is 21.6 Å². The van der Waals surface area contributed by atoms with E-state index < -0.39 is 5.60 Å². The Labute approximate surface area is 117 Å². The molecule has 1 aliphatic carbocycles. The lowest BCUT2D eigenvalue weighted by Gasteiger charge is -2.21. The lowest BCUT2D eigenvalue weighted by Crippen LogP contribution is -2.46. The quantitative estimate of drug-likeness (QED) is 0.746. The third-order valence-electron chi connectivity index (χ3n) is 3.84. The number of amides is 1. The summed E-state index contributed by atoms with van der Waals surface area (Å²) in [5, 5.41) is 12.2. The molecule has 5 heteroatoms. The van der Waals surface area contributed by atoms with Gasteiger partial charge in [-0.3, -0.25) is 20.6 Å².